The van der Waals surface area contributed by atoms with E-state index < -0.39 is 5.60 Å². The van der Waals surface area contributed by atoms with Gasteiger partial charge in [-0.05, 0) is 45.7 Å². The molecule has 2 rings (SSSR count). The lowest BCUT2D eigenvalue weighted by Gasteiger charge is -2.28. The number of methoxy groups -OCH3 is 1. The zero-order chi connectivity index (χ0) is 17.0. The maximum absolute atomic E-state index is 12.2. The van der Waals surface area contributed by atoms with E-state index in [9.17, 15) is 4.79 Å². The molecule has 0 spiro atoms. The molecule has 1 fully saturated rings. The normalized spacial score (nSPS) is 17.9. The van der Waals surface area contributed by atoms with Crippen LogP contribution in [0.25, 0.3) is 0 Å². The van der Waals surface area contributed by atoms with Gasteiger partial charge in [0.05, 0.1) is 18.8 Å². The highest BCUT2D eigenvalue weighted by Crippen LogP contribution is 2.27. The molecule has 23 heavy (non-hydrogen) atoms. The van der Waals surface area contributed by atoms with E-state index in [-0.39, 0.29) is 12.1 Å². The summed E-state index contributed by atoms with van der Waals surface area (Å²) in [4.78, 5) is 14.0. The molecule has 1 aliphatic rings. The number of nitrogen functional groups attached to an aromatic ring is 1. The first-order valence-corrected chi connectivity index (χ1v) is 7.86. The monoisotopic (exact) mass is 322 g/mol. The molecule has 0 bridgehead atoms. The lowest BCUT2D eigenvalue weighted by Crippen LogP contribution is -2.42. The standard InChI is InChI=1S/C17H26N2O4/c1-17(2,3)23-16(20)19-9-5-6-12(19)11-22-13-7-8-15(21-4)14(18)10-13/h7-8,10,12H,5-6,9,11,18H2,1-4H3/t12-/m1/s1. The Hall–Kier alpha value is -2.11. The summed E-state index contributed by atoms with van der Waals surface area (Å²) < 4.78 is 16.4. The predicted molar refractivity (Wildman–Crippen MR) is 88.9 cm³/mol. The molecule has 0 aliphatic carbocycles. The highest BCUT2D eigenvalue weighted by molar-refractivity contribution is 5.69. The van der Waals surface area contributed by atoms with Crippen molar-refractivity contribution in [2.45, 2.75) is 45.3 Å². The van der Waals surface area contributed by atoms with Gasteiger partial charge in [0, 0.05) is 12.6 Å². The molecule has 0 aromatic heterocycles. The lowest BCUT2D eigenvalue weighted by atomic mass is 10.2. The summed E-state index contributed by atoms with van der Waals surface area (Å²) in [5.41, 5.74) is 5.91. The molecule has 1 saturated heterocycles. The number of carbonyl (C=O) groups is 1. The summed E-state index contributed by atoms with van der Waals surface area (Å²) in [6, 6.07) is 5.33. The Morgan fingerprint density at radius 2 is 2.13 bits per heavy atom. The van der Waals surface area contributed by atoms with Crippen LogP contribution in [-0.2, 0) is 4.74 Å². The maximum atomic E-state index is 12.2. The molecule has 1 aliphatic heterocycles. The van der Waals surface area contributed by atoms with Crippen molar-refractivity contribution in [3.63, 3.8) is 0 Å². The number of nitrogens with two attached hydrogens (primary N) is 1. The van der Waals surface area contributed by atoms with E-state index in [1.807, 2.05) is 26.8 Å². The Kier molecular flexibility index (Phi) is 5.23. The maximum Gasteiger partial charge on any atom is 0.410 e. The molecule has 2 N–H and O–H groups in total. The first-order chi connectivity index (χ1) is 10.8. The number of likely N-dealkylation sites (tertiary alicyclic amines) is 1. The number of amides is 1. The van der Waals surface area contributed by atoms with E-state index in [0.717, 1.165) is 12.8 Å². The van der Waals surface area contributed by atoms with E-state index in [1.165, 1.54) is 0 Å². The van der Waals surface area contributed by atoms with Crippen LogP contribution in [0.4, 0.5) is 10.5 Å². The van der Waals surface area contributed by atoms with E-state index in [4.69, 9.17) is 19.9 Å². The average molecular weight is 322 g/mol. The smallest absolute Gasteiger partial charge is 0.410 e. The summed E-state index contributed by atoms with van der Waals surface area (Å²) in [6.45, 7) is 6.73. The molecule has 1 aromatic carbocycles. The number of hydrogen-bond donors (Lipinski definition) is 1. The molecule has 1 aromatic rings. The molecule has 6 heteroatoms. The molecule has 0 radical (unpaired) electrons. The quantitative estimate of drug-likeness (QED) is 0.862. The van der Waals surface area contributed by atoms with Gasteiger partial charge in [0.2, 0.25) is 0 Å². The Morgan fingerprint density at radius 1 is 1.39 bits per heavy atom. The summed E-state index contributed by atoms with van der Waals surface area (Å²) in [5.74, 6) is 1.29. The van der Waals surface area contributed by atoms with E-state index >= 15 is 0 Å². The number of nitrogens with zero attached hydrogens (tertiary/aromatic N) is 1. The predicted octanol–water partition coefficient (Wildman–Crippen LogP) is 3.06. The van der Waals surface area contributed by atoms with Crippen LogP contribution in [0.2, 0.25) is 0 Å². The molecule has 6 nitrogen and oxygen atoms in total. The highest BCUT2D eigenvalue weighted by atomic mass is 16.6. The van der Waals surface area contributed by atoms with Crippen molar-refractivity contribution in [1.82, 2.24) is 4.90 Å². The Bertz CT molecular complexity index is 554. The molecule has 128 valence electrons. The van der Waals surface area contributed by atoms with Gasteiger partial charge in [-0.3, -0.25) is 0 Å². The number of carbonyl (C=O) groups excluding carboxylic acids is 1. The Morgan fingerprint density at radius 3 is 2.74 bits per heavy atom. The van der Waals surface area contributed by atoms with Gasteiger partial charge >= 0.3 is 6.09 Å². The van der Waals surface area contributed by atoms with Gasteiger partial charge < -0.3 is 24.8 Å². The first kappa shape index (κ1) is 17.2. The summed E-state index contributed by atoms with van der Waals surface area (Å²) in [7, 11) is 1.57. The summed E-state index contributed by atoms with van der Waals surface area (Å²) in [6.07, 6.45) is 1.58. The van der Waals surface area contributed by atoms with E-state index in [0.29, 0.717) is 30.3 Å². The fraction of sp³-hybridized carbons (Fsp3) is 0.588. The second-order valence-corrected chi connectivity index (χ2v) is 6.68. The third kappa shape index (κ3) is 4.68. The van der Waals surface area contributed by atoms with Crippen molar-refractivity contribution in [3.05, 3.63) is 18.2 Å². The molecule has 0 unspecified atom stereocenters. The van der Waals surface area contributed by atoms with Gasteiger partial charge in [-0.25, -0.2) is 4.79 Å². The summed E-state index contributed by atoms with van der Waals surface area (Å²) >= 11 is 0. The third-order valence-corrected chi connectivity index (χ3v) is 3.65. The first-order valence-electron chi connectivity index (χ1n) is 7.86. The van der Waals surface area contributed by atoms with E-state index in [1.54, 1.807) is 24.1 Å². The second-order valence-electron chi connectivity index (χ2n) is 6.68. The van der Waals surface area contributed by atoms with Crippen LogP contribution in [0.1, 0.15) is 33.6 Å². The molecular formula is C17H26N2O4. The number of hydrogen-bond acceptors (Lipinski definition) is 5. The largest absolute Gasteiger partial charge is 0.495 e. The third-order valence-electron chi connectivity index (χ3n) is 3.65. The Labute approximate surface area is 137 Å². The molecule has 1 heterocycles. The second kappa shape index (κ2) is 6.98. The molecule has 1 amide bonds. The number of benzene rings is 1. The topological polar surface area (TPSA) is 74.0 Å². The van der Waals surface area contributed by atoms with Crippen LogP contribution in [0.15, 0.2) is 18.2 Å². The van der Waals surface area contributed by atoms with Gasteiger partial charge in [-0.2, -0.15) is 0 Å². The van der Waals surface area contributed by atoms with Gasteiger partial charge in [-0.1, -0.05) is 0 Å². The van der Waals surface area contributed by atoms with Crippen molar-refractivity contribution in [2.75, 3.05) is 26.0 Å². The number of anilines is 1. The molecule has 1 atom stereocenters. The lowest BCUT2D eigenvalue weighted by molar-refractivity contribution is 0.0187. The van der Waals surface area contributed by atoms with Crippen LogP contribution in [-0.4, -0.2) is 42.9 Å². The van der Waals surface area contributed by atoms with Crippen LogP contribution in [0.3, 0.4) is 0 Å². The van der Waals surface area contributed by atoms with Crippen molar-refractivity contribution < 1.29 is 19.0 Å². The van der Waals surface area contributed by atoms with Crippen LogP contribution < -0.4 is 15.2 Å². The van der Waals surface area contributed by atoms with E-state index in [2.05, 4.69) is 0 Å². The van der Waals surface area contributed by atoms with Crippen LogP contribution in [0, 0.1) is 0 Å². The van der Waals surface area contributed by atoms with Gasteiger partial charge in [0.1, 0.15) is 23.7 Å². The summed E-state index contributed by atoms with van der Waals surface area (Å²) in [5, 5.41) is 0. The van der Waals surface area contributed by atoms with Gasteiger partial charge in [0.15, 0.2) is 0 Å². The van der Waals surface area contributed by atoms with Crippen molar-refractivity contribution >= 4 is 11.8 Å². The SMILES string of the molecule is COc1ccc(OC[C@H]2CCCN2C(=O)OC(C)(C)C)cc1N. The average Bonchev–Trinajstić information content (AvgIpc) is 2.92. The minimum atomic E-state index is -0.491. The van der Waals surface area contributed by atoms with Crippen molar-refractivity contribution in [2.24, 2.45) is 0 Å². The fourth-order valence-corrected chi connectivity index (χ4v) is 2.56. The number of ether oxygens (including phenoxy) is 3. The minimum Gasteiger partial charge on any atom is -0.495 e. The molecular weight excluding hydrogens is 296 g/mol. The highest BCUT2D eigenvalue weighted by Gasteiger charge is 2.32. The Balaban J connectivity index is 1.94. The zero-order valence-corrected chi connectivity index (χ0v) is 14.3. The van der Waals surface area contributed by atoms with Crippen molar-refractivity contribution in [3.8, 4) is 11.5 Å². The van der Waals surface area contributed by atoms with Gasteiger partial charge in [0.25, 0.3) is 0 Å². The number of rotatable bonds is 4. The van der Waals surface area contributed by atoms with Crippen molar-refractivity contribution in [1.29, 1.82) is 0 Å². The minimum absolute atomic E-state index is 0.0215. The van der Waals surface area contributed by atoms with Crippen LogP contribution >= 0.6 is 0 Å². The van der Waals surface area contributed by atoms with Crippen LogP contribution in [0.5, 0.6) is 11.5 Å². The fourth-order valence-electron chi connectivity index (χ4n) is 2.56. The zero-order valence-electron chi connectivity index (χ0n) is 14.3. The van der Waals surface area contributed by atoms with Gasteiger partial charge in [-0.15, -0.1) is 0 Å². The molecule has 0 saturated carbocycles.